The molecule has 0 heterocycles. The van der Waals surface area contributed by atoms with Crippen molar-refractivity contribution in [2.45, 2.75) is 0 Å². The summed E-state index contributed by atoms with van der Waals surface area (Å²) in [5, 5.41) is 8.93. The zero-order valence-corrected chi connectivity index (χ0v) is 9.23. The Bertz CT molecular complexity index is 437. The Morgan fingerprint density at radius 2 is 2.31 bits per heavy atom. The van der Waals surface area contributed by atoms with Gasteiger partial charge in [0.05, 0.1) is 24.9 Å². The minimum Gasteiger partial charge on any atom is -0.497 e. The Labute approximate surface area is 94.0 Å². The molecule has 5 heteroatoms. The monoisotopic (exact) mass is 219 g/mol. The maximum Gasteiger partial charge on any atom is 0.236 e. The van der Waals surface area contributed by atoms with E-state index in [1.165, 1.54) is 0 Å². The van der Waals surface area contributed by atoms with Crippen molar-refractivity contribution < 1.29 is 9.53 Å². The molecule has 16 heavy (non-hydrogen) atoms. The number of nitriles is 1. The lowest BCUT2D eigenvalue weighted by molar-refractivity contribution is -0.116. The molecule has 5 nitrogen and oxygen atoms in total. The predicted octanol–water partition coefficient (Wildman–Crippen LogP) is 0.488. The third-order valence-corrected chi connectivity index (χ3v) is 2.13. The summed E-state index contributed by atoms with van der Waals surface area (Å²) in [4.78, 5) is 12.4. The van der Waals surface area contributed by atoms with Crippen LogP contribution in [0.15, 0.2) is 18.2 Å². The van der Waals surface area contributed by atoms with Gasteiger partial charge in [-0.25, -0.2) is 0 Å². The zero-order valence-electron chi connectivity index (χ0n) is 9.23. The van der Waals surface area contributed by atoms with E-state index < -0.39 is 5.91 Å². The van der Waals surface area contributed by atoms with Crippen molar-refractivity contribution >= 4 is 11.6 Å². The van der Waals surface area contributed by atoms with Crippen molar-refractivity contribution in [2.75, 3.05) is 25.6 Å². The summed E-state index contributed by atoms with van der Waals surface area (Å²) in [6, 6.07) is 7.09. The molecule has 0 atom stereocenters. The SMILES string of the molecule is COc1ccc(C#N)c(N(C)CC(N)=O)c1. The zero-order chi connectivity index (χ0) is 12.1. The maximum absolute atomic E-state index is 10.8. The van der Waals surface area contributed by atoms with Crippen molar-refractivity contribution in [3.05, 3.63) is 23.8 Å². The molecule has 1 amide bonds. The third-order valence-electron chi connectivity index (χ3n) is 2.13. The van der Waals surface area contributed by atoms with Gasteiger partial charge < -0.3 is 15.4 Å². The number of ether oxygens (including phenoxy) is 1. The van der Waals surface area contributed by atoms with Crippen LogP contribution in [0.1, 0.15) is 5.56 Å². The average Bonchev–Trinajstić information content (AvgIpc) is 2.27. The number of nitrogens with zero attached hydrogens (tertiary/aromatic N) is 2. The van der Waals surface area contributed by atoms with E-state index in [0.29, 0.717) is 17.0 Å². The van der Waals surface area contributed by atoms with Crippen LogP contribution in [-0.2, 0) is 4.79 Å². The fourth-order valence-corrected chi connectivity index (χ4v) is 1.37. The maximum atomic E-state index is 10.8. The van der Waals surface area contributed by atoms with Gasteiger partial charge in [0.15, 0.2) is 0 Å². The van der Waals surface area contributed by atoms with Crippen LogP contribution in [0.5, 0.6) is 5.75 Å². The van der Waals surface area contributed by atoms with Crippen molar-refractivity contribution in [3.63, 3.8) is 0 Å². The largest absolute Gasteiger partial charge is 0.497 e. The second-order valence-electron chi connectivity index (χ2n) is 3.32. The van der Waals surface area contributed by atoms with Crippen LogP contribution in [0.25, 0.3) is 0 Å². The Kier molecular flexibility index (Phi) is 3.72. The van der Waals surface area contributed by atoms with Gasteiger partial charge in [0.1, 0.15) is 11.8 Å². The molecule has 0 fully saturated rings. The first-order valence-corrected chi connectivity index (χ1v) is 4.66. The fourth-order valence-electron chi connectivity index (χ4n) is 1.37. The molecule has 0 aliphatic carbocycles. The minimum absolute atomic E-state index is 0.0574. The molecule has 0 aliphatic heterocycles. The molecule has 0 spiro atoms. The molecule has 84 valence electrons. The van der Waals surface area contributed by atoms with Gasteiger partial charge in [-0.05, 0) is 12.1 Å². The summed E-state index contributed by atoms with van der Waals surface area (Å²) in [6.45, 7) is 0.0574. The number of carbonyl (C=O) groups is 1. The molecule has 0 unspecified atom stereocenters. The smallest absolute Gasteiger partial charge is 0.236 e. The van der Waals surface area contributed by atoms with Crippen molar-refractivity contribution in [3.8, 4) is 11.8 Å². The number of anilines is 1. The van der Waals surface area contributed by atoms with Gasteiger partial charge in [-0.15, -0.1) is 0 Å². The lowest BCUT2D eigenvalue weighted by Gasteiger charge is -2.19. The average molecular weight is 219 g/mol. The van der Waals surface area contributed by atoms with Crippen LogP contribution in [0, 0.1) is 11.3 Å². The Morgan fingerprint density at radius 1 is 1.62 bits per heavy atom. The first kappa shape index (κ1) is 11.9. The summed E-state index contributed by atoms with van der Waals surface area (Å²) in [7, 11) is 3.24. The van der Waals surface area contributed by atoms with Crippen LogP contribution in [0.2, 0.25) is 0 Å². The van der Waals surface area contributed by atoms with Gasteiger partial charge in [0.2, 0.25) is 5.91 Å². The van der Waals surface area contributed by atoms with Gasteiger partial charge in [0.25, 0.3) is 0 Å². The molecule has 0 saturated heterocycles. The lowest BCUT2D eigenvalue weighted by atomic mass is 10.1. The summed E-state index contributed by atoms with van der Waals surface area (Å²) in [6.07, 6.45) is 0. The van der Waals surface area contributed by atoms with Gasteiger partial charge in [-0.2, -0.15) is 5.26 Å². The molecule has 0 saturated carbocycles. The van der Waals surface area contributed by atoms with Crippen LogP contribution in [-0.4, -0.2) is 26.6 Å². The molecule has 0 bridgehead atoms. The van der Waals surface area contributed by atoms with Crippen LogP contribution in [0.4, 0.5) is 5.69 Å². The highest BCUT2D eigenvalue weighted by atomic mass is 16.5. The number of benzene rings is 1. The van der Waals surface area contributed by atoms with E-state index in [-0.39, 0.29) is 6.54 Å². The number of primary amides is 1. The number of amides is 1. The van der Waals surface area contributed by atoms with E-state index in [1.807, 2.05) is 0 Å². The third kappa shape index (κ3) is 2.64. The minimum atomic E-state index is -0.450. The molecule has 1 aromatic carbocycles. The molecular formula is C11H13N3O2. The van der Waals surface area contributed by atoms with Crippen molar-refractivity contribution in [2.24, 2.45) is 5.73 Å². The van der Waals surface area contributed by atoms with Gasteiger partial charge >= 0.3 is 0 Å². The summed E-state index contributed by atoms with van der Waals surface area (Å²) >= 11 is 0. The van der Waals surface area contributed by atoms with Gasteiger partial charge in [-0.1, -0.05) is 0 Å². The highest BCUT2D eigenvalue weighted by Crippen LogP contribution is 2.24. The van der Waals surface area contributed by atoms with E-state index >= 15 is 0 Å². The molecule has 1 rings (SSSR count). The van der Waals surface area contributed by atoms with Crippen LogP contribution >= 0.6 is 0 Å². The Hall–Kier alpha value is -2.22. The molecule has 0 aliphatic rings. The van der Waals surface area contributed by atoms with E-state index in [0.717, 1.165) is 0 Å². The lowest BCUT2D eigenvalue weighted by Crippen LogP contribution is -2.30. The number of hydrogen-bond donors (Lipinski definition) is 1. The second kappa shape index (κ2) is 5.03. The van der Waals surface area contributed by atoms with Crippen molar-refractivity contribution in [1.29, 1.82) is 5.26 Å². The second-order valence-corrected chi connectivity index (χ2v) is 3.32. The Balaban J connectivity index is 3.09. The summed E-state index contributed by atoms with van der Waals surface area (Å²) in [5.74, 6) is 0.180. The number of hydrogen-bond acceptors (Lipinski definition) is 4. The fraction of sp³-hybridized carbons (Fsp3) is 0.273. The van der Waals surface area contributed by atoms with Crippen LogP contribution < -0.4 is 15.4 Å². The van der Waals surface area contributed by atoms with Crippen LogP contribution in [0.3, 0.4) is 0 Å². The molecular weight excluding hydrogens is 206 g/mol. The van der Waals surface area contributed by atoms with E-state index in [2.05, 4.69) is 6.07 Å². The molecule has 1 aromatic rings. The Morgan fingerprint density at radius 3 is 2.81 bits per heavy atom. The standard InChI is InChI=1S/C11H13N3O2/c1-14(7-11(13)15)10-5-9(16-2)4-3-8(10)6-12/h3-5H,7H2,1-2H3,(H2,13,15). The van der Waals surface area contributed by atoms with E-state index in [4.69, 9.17) is 15.7 Å². The molecule has 0 aromatic heterocycles. The first-order chi connectivity index (χ1) is 7.58. The number of rotatable bonds is 4. The summed E-state index contributed by atoms with van der Waals surface area (Å²) in [5.41, 5.74) is 6.20. The van der Waals surface area contributed by atoms with Gasteiger partial charge in [-0.3, -0.25) is 4.79 Å². The predicted molar refractivity (Wildman–Crippen MR) is 60.2 cm³/mol. The normalized spacial score (nSPS) is 9.31. The highest BCUT2D eigenvalue weighted by molar-refractivity contribution is 5.80. The number of likely N-dealkylation sites (N-methyl/N-ethyl adjacent to an activating group) is 1. The molecule has 0 radical (unpaired) electrons. The van der Waals surface area contributed by atoms with E-state index in [9.17, 15) is 4.79 Å². The first-order valence-electron chi connectivity index (χ1n) is 4.66. The number of nitrogens with two attached hydrogens (primary N) is 1. The van der Waals surface area contributed by atoms with E-state index in [1.54, 1.807) is 37.3 Å². The topological polar surface area (TPSA) is 79.3 Å². The highest BCUT2D eigenvalue weighted by Gasteiger charge is 2.10. The van der Waals surface area contributed by atoms with Gasteiger partial charge in [0, 0.05) is 13.1 Å². The van der Waals surface area contributed by atoms with Crippen molar-refractivity contribution in [1.82, 2.24) is 0 Å². The number of methoxy groups -OCH3 is 1. The quantitative estimate of drug-likeness (QED) is 0.799. The molecule has 2 N–H and O–H groups in total. The number of carbonyl (C=O) groups excluding carboxylic acids is 1. The summed E-state index contributed by atoms with van der Waals surface area (Å²) < 4.78 is 5.06.